The topological polar surface area (TPSA) is 29.5 Å². The molecule has 1 aliphatic heterocycles. The Balaban J connectivity index is 2.15. The summed E-state index contributed by atoms with van der Waals surface area (Å²) in [5, 5.41) is 0. The highest BCUT2D eigenvalue weighted by atomic mass is 79.9. The minimum atomic E-state index is 0.122. The van der Waals surface area contributed by atoms with Crippen LogP contribution in [0.1, 0.15) is 43.5 Å². The van der Waals surface area contributed by atoms with E-state index < -0.39 is 0 Å². The molecule has 1 aliphatic rings. The van der Waals surface area contributed by atoms with Gasteiger partial charge in [0.25, 0.3) is 5.91 Å². The van der Waals surface area contributed by atoms with Gasteiger partial charge in [-0.15, -0.1) is 0 Å². The van der Waals surface area contributed by atoms with Crippen molar-refractivity contribution in [2.75, 3.05) is 20.2 Å². The van der Waals surface area contributed by atoms with Gasteiger partial charge in [-0.25, -0.2) is 0 Å². The number of benzene rings is 1. The van der Waals surface area contributed by atoms with Crippen molar-refractivity contribution in [1.29, 1.82) is 0 Å². The smallest absolute Gasteiger partial charge is 0.253 e. The highest BCUT2D eigenvalue weighted by Gasteiger charge is 2.37. The predicted molar refractivity (Wildman–Crippen MR) is 84.2 cm³/mol. The van der Waals surface area contributed by atoms with Gasteiger partial charge < -0.3 is 9.64 Å². The third kappa shape index (κ3) is 2.85. The summed E-state index contributed by atoms with van der Waals surface area (Å²) >= 11 is 3.44. The zero-order chi connectivity index (χ0) is 14.8. The van der Waals surface area contributed by atoms with E-state index in [4.69, 9.17) is 4.74 Å². The van der Waals surface area contributed by atoms with Gasteiger partial charge in [0, 0.05) is 18.7 Å². The van der Waals surface area contributed by atoms with E-state index in [1.807, 2.05) is 23.1 Å². The van der Waals surface area contributed by atoms with Crippen LogP contribution in [0.2, 0.25) is 0 Å². The molecule has 1 heterocycles. The van der Waals surface area contributed by atoms with E-state index in [-0.39, 0.29) is 5.91 Å². The fourth-order valence-electron chi connectivity index (χ4n) is 2.92. The van der Waals surface area contributed by atoms with Crippen molar-refractivity contribution in [3.8, 4) is 5.75 Å². The first-order valence-corrected chi connectivity index (χ1v) is 7.97. The van der Waals surface area contributed by atoms with Crippen LogP contribution < -0.4 is 4.74 Å². The highest BCUT2D eigenvalue weighted by molar-refractivity contribution is 9.10. The molecular formula is C16H22BrNO2. The summed E-state index contributed by atoms with van der Waals surface area (Å²) in [6.07, 6.45) is 3.39. The number of ether oxygens (including phenoxy) is 1. The summed E-state index contributed by atoms with van der Waals surface area (Å²) in [5.74, 6) is 0.872. The number of carbonyl (C=O) groups excluding carboxylic acids is 1. The maximum atomic E-state index is 12.6. The second-order valence-corrected chi connectivity index (χ2v) is 6.39. The molecule has 1 fully saturated rings. The minimum Gasteiger partial charge on any atom is -0.496 e. The largest absolute Gasteiger partial charge is 0.496 e. The number of halogens is 1. The molecule has 0 saturated carbocycles. The molecule has 4 heteroatoms. The molecule has 0 bridgehead atoms. The fourth-order valence-corrected chi connectivity index (χ4v) is 3.46. The van der Waals surface area contributed by atoms with Crippen molar-refractivity contribution in [2.45, 2.75) is 33.1 Å². The van der Waals surface area contributed by atoms with Crippen molar-refractivity contribution < 1.29 is 9.53 Å². The van der Waals surface area contributed by atoms with Gasteiger partial charge in [-0.05, 0) is 58.8 Å². The van der Waals surface area contributed by atoms with E-state index in [9.17, 15) is 4.79 Å². The average Bonchev–Trinajstić information content (AvgIpc) is 2.91. The maximum absolute atomic E-state index is 12.6. The van der Waals surface area contributed by atoms with Crippen molar-refractivity contribution >= 4 is 21.8 Å². The normalized spacial score (nSPS) is 17.3. The first-order valence-electron chi connectivity index (χ1n) is 7.18. The van der Waals surface area contributed by atoms with Crippen LogP contribution in [-0.2, 0) is 0 Å². The van der Waals surface area contributed by atoms with Crippen LogP contribution in [0.5, 0.6) is 5.75 Å². The molecule has 0 aliphatic carbocycles. The Morgan fingerprint density at radius 1 is 1.40 bits per heavy atom. The quantitative estimate of drug-likeness (QED) is 0.826. The number of hydrogen-bond acceptors (Lipinski definition) is 2. The summed E-state index contributed by atoms with van der Waals surface area (Å²) in [5.41, 5.74) is 1.04. The van der Waals surface area contributed by atoms with E-state index in [2.05, 4.69) is 29.8 Å². The summed E-state index contributed by atoms with van der Waals surface area (Å²) in [7, 11) is 1.62. The Hall–Kier alpha value is -1.03. The monoisotopic (exact) mass is 339 g/mol. The summed E-state index contributed by atoms with van der Waals surface area (Å²) < 4.78 is 6.02. The zero-order valence-electron chi connectivity index (χ0n) is 12.4. The lowest BCUT2D eigenvalue weighted by atomic mass is 9.82. The zero-order valence-corrected chi connectivity index (χ0v) is 14.0. The number of methoxy groups -OCH3 is 1. The van der Waals surface area contributed by atoms with Gasteiger partial charge in [-0.3, -0.25) is 4.79 Å². The number of likely N-dealkylation sites (tertiary alicyclic amines) is 1. The van der Waals surface area contributed by atoms with Crippen molar-refractivity contribution in [2.24, 2.45) is 5.41 Å². The second-order valence-electron chi connectivity index (χ2n) is 5.53. The van der Waals surface area contributed by atoms with Gasteiger partial charge in [0.15, 0.2) is 0 Å². The molecule has 0 radical (unpaired) electrons. The second kappa shape index (κ2) is 6.17. The van der Waals surface area contributed by atoms with E-state index in [1.54, 1.807) is 7.11 Å². The van der Waals surface area contributed by atoms with Crippen molar-refractivity contribution in [3.05, 3.63) is 28.2 Å². The van der Waals surface area contributed by atoms with Gasteiger partial charge in [0.2, 0.25) is 0 Å². The molecule has 2 rings (SSSR count). The maximum Gasteiger partial charge on any atom is 0.253 e. The predicted octanol–water partition coefficient (Wildman–Crippen LogP) is 4.11. The van der Waals surface area contributed by atoms with Gasteiger partial charge in [-0.2, -0.15) is 0 Å². The van der Waals surface area contributed by atoms with Crippen LogP contribution in [0.4, 0.5) is 0 Å². The van der Waals surface area contributed by atoms with Crippen LogP contribution in [0.15, 0.2) is 22.7 Å². The molecule has 1 aromatic rings. The van der Waals surface area contributed by atoms with E-state index in [0.29, 0.717) is 5.41 Å². The molecule has 0 aromatic heterocycles. The van der Waals surface area contributed by atoms with Gasteiger partial charge >= 0.3 is 0 Å². The van der Waals surface area contributed by atoms with Crippen LogP contribution in [-0.4, -0.2) is 31.0 Å². The van der Waals surface area contributed by atoms with Crippen LogP contribution in [0.25, 0.3) is 0 Å². The first-order chi connectivity index (χ1) is 9.55. The lowest BCUT2D eigenvalue weighted by molar-refractivity contribution is 0.0769. The molecular weight excluding hydrogens is 318 g/mol. The standard InChI is InChI=1S/C16H22BrNO2/c1-4-16(5-2)8-9-18(11-16)15(19)12-6-7-14(20-3)13(17)10-12/h6-7,10H,4-5,8-9,11H2,1-3H3. The number of rotatable bonds is 4. The molecule has 1 aromatic carbocycles. The third-order valence-electron chi connectivity index (χ3n) is 4.62. The van der Waals surface area contributed by atoms with Crippen molar-refractivity contribution in [3.63, 3.8) is 0 Å². The summed E-state index contributed by atoms with van der Waals surface area (Å²) in [4.78, 5) is 14.6. The number of hydrogen-bond donors (Lipinski definition) is 0. The number of carbonyl (C=O) groups is 1. The van der Waals surface area contributed by atoms with Crippen LogP contribution >= 0.6 is 15.9 Å². The Morgan fingerprint density at radius 3 is 2.60 bits per heavy atom. The highest BCUT2D eigenvalue weighted by Crippen LogP contribution is 2.37. The van der Waals surface area contributed by atoms with E-state index >= 15 is 0 Å². The fraction of sp³-hybridized carbons (Fsp3) is 0.562. The van der Waals surface area contributed by atoms with Crippen LogP contribution in [0.3, 0.4) is 0 Å². The van der Waals surface area contributed by atoms with E-state index in [0.717, 1.165) is 48.1 Å². The third-order valence-corrected chi connectivity index (χ3v) is 5.24. The Labute approximate surface area is 129 Å². The molecule has 0 atom stereocenters. The minimum absolute atomic E-state index is 0.122. The van der Waals surface area contributed by atoms with Crippen molar-refractivity contribution in [1.82, 2.24) is 4.90 Å². The number of amides is 1. The molecule has 0 N–H and O–H groups in total. The van der Waals surface area contributed by atoms with Gasteiger partial charge in [0.05, 0.1) is 11.6 Å². The lowest BCUT2D eigenvalue weighted by Gasteiger charge is -2.26. The molecule has 3 nitrogen and oxygen atoms in total. The molecule has 1 saturated heterocycles. The number of nitrogens with zero attached hydrogens (tertiary/aromatic N) is 1. The average molecular weight is 340 g/mol. The molecule has 0 spiro atoms. The summed E-state index contributed by atoms with van der Waals surface area (Å²) in [6.45, 7) is 6.19. The van der Waals surface area contributed by atoms with Crippen LogP contribution in [0, 0.1) is 5.41 Å². The van der Waals surface area contributed by atoms with E-state index in [1.165, 1.54) is 0 Å². The lowest BCUT2D eigenvalue weighted by Crippen LogP contribution is -2.31. The SMILES string of the molecule is CCC1(CC)CCN(C(=O)c2ccc(OC)c(Br)c2)C1. The molecule has 110 valence electrons. The first kappa shape index (κ1) is 15.4. The summed E-state index contributed by atoms with van der Waals surface area (Å²) in [6, 6.07) is 5.52. The molecule has 1 amide bonds. The van der Waals surface area contributed by atoms with Gasteiger partial charge in [-0.1, -0.05) is 13.8 Å². The van der Waals surface area contributed by atoms with Gasteiger partial charge in [0.1, 0.15) is 5.75 Å². The molecule has 0 unspecified atom stereocenters. The Morgan fingerprint density at radius 2 is 2.10 bits per heavy atom. The Kier molecular flexibility index (Phi) is 4.74. The Bertz CT molecular complexity index is 497. The molecule has 20 heavy (non-hydrogen) atoms.